The van der Waals surface area contributed by atoms with Crippen molar-refractivity contribution < 1.29 is 13.9 Å². The molecule has 1 N–H and O–H groups in total. The van der Waals surface area contributed by atoms with Crippen LogP contribution in [0.15, 0.2) is 18.2 Å². The topological polar surface area (TPSA) is 20.2 Å². The Kier molecular flexibility index (Phi) is 2.33. The van der Waals surface area contributed by atoms with Crippen LogP contribution in [0.3, 0.4) is 0 Å². The third kappa shape index (κ3) is 1.55. The van der Waals surface area contributed by atoms with E-state index in [1.165, 1.54) is 12.1 Å². The number of aromatic hydroxyl groups is 1. The van der Waals surface area contributed by atoms with Crippen LogP contribution in [-0.2, 0) is 0 Å². The summed E-state index contributed by atoms with van der Waals surface area (Å²) in [5.74, 6) is -0.0515. The Morgan fingerprint density at radius 2 is 2.00 bits per heavy atom. The van der Waals surface area contributed by atoms with Crippen molar-refractivity contribution in [3.8, 4) is 5.75 Å². The molecule has 1 nitrogen and oxygen atoms in total. The van der Waals surface area contributed by atoms with Crippen LogP contribution in [0.25, 0.3) is 10.1 Å². The Labute approximate surface area is 87.5 Å². The summed E-state index contributed by atoms with van der Waals surface area (Å²) in [5.41, 5.74) is 0. The predicted octanol–water partition coefficient (Wildman–Crippen LogP) is 4.20. The highest BCUT2D eigenvalue weighted by atomic mass is 35.5. The standard InChI is InChI=1S/C9H5ClF2OS/c10-5-1-4-2-7(9(11)12)14-8(4)6(13)3-5/h1-3,9,13H. The average Bonchev–Trinajstić information content (AvgIpc) is 2.47. The highest BCUT2D eigenvalue weighted by Gasteiger charge is 2.13. The van der Waals surface area contributed by atoms with Crippen LogP contribution >= 0.6 is 22.9 Å². The second-order valence-corrected chi connectivity index (χ2v) is 4.31. The van der Waals surface area contributed by atoms with Crippen molar-refractivity contribution in [2.24, 2.45) is 0 Å². The van der Waals surface area contributed by atoms with E-state index in [-0.39, 0.29) is 10.6 Å². The number of alkyl halides is 2. The van der Waals surface area contributed by atoms with E-state index in [2.05, 4.69) is 0 Å². The normalized spacial score (nSPS) is 11.4. The van der Waals surface area contributed by atoms with Gasteiger partial charge in [-0.3, -0.25) is 0 Å². The summed E-state index contributed by atoms with van der Waals surface area (Å²) in [6, 6.07) is 4.24. The number of thiophene rings is 1. The molecule has 2 aromatic rings. The molecular formula is C9H5ClF2OS. The van der Waals surface area contributed by atoms with Gasteiger partial charge in [0.2, 0.25) is 0 Å². The fourth-order valence-corrected chi connectivity index (χ4v) is 2.36. The van der Waals surface area contributed by atoms with Crippen molar-refractivity contribution >= 4 is 33.0 Å². The van der Waals surface area contributed by atoms with Crippen LogP contribution in [0, 0.1) is 0 Å². The van der Waals surface area contributed by atoms with E-state index in [9.17, 15) is 13.9 Å². The summed E-state index contributed by atoms with van der Waals surface area (Å²) in [4.78, 5) is -0.0578. The highest BCUT2D eigenvalue weighted by Crippen LogP contribution is 2.38. The van der Waals surface area contributed by atoms with Gasteiger partial charge in [0.25, 0.3) is 6.43 Å². The molecular weight excluding hydrogens is 230 g/mol. The number of hydrogen-bond donors (Lipinski definition) is 1. The molecule has 0 aliphatic heterocycles. The van der Waals surface area contributed by atoms with E-state index in [1.54, 1.807) is 6.07 Å². The first kappa shape index (κ1) is 9.68. The van der Waals surface area contributed by atoms with Gasteiger partial charge in [0, 0.05) is 5.02 Å². The van der Waals surface area contributed by atoms with Crippen molar-refractivity contribution in [3.05, 3.63) is 28.1 Å². The smallest absolute Gasteiger partial charge is 0.272 e. The minimum absolute atomic E-state index is 0.0515. The molecule has 0 atom stereocenters. The highest BCUT2D eigenvalue weighted by molar-refractivity contribution is 7.19. The number of hydrogen-bond acceptors (Lipinski definition) is 2. The van der Waals surface area contributed by atoms with Crippen molar-refractivity contribution in [3.63, 3.8) is 0 Å². The fraction of sp³-hybridized carbons (Fsp3) is 0.111. The first-order valence-electron chi connectivity index (χ1n) is 3.78. The van der Waals surface area contributed by atoms with Gasteiger partial charge in [-0.1, -0.05) is 11.6 Å². The van der Waals surface area contributed by atoms with Crippen molar-refractivity contribution in [2.45, 2.75) is 6.43 Å². The maximum absolute atomic E-state index is 12.3. The van der Waals surface area contributed by atoms with Gasteiger partial charge < -0.3 is 5.11 Å². The zero-order valence-electron chi connectivity index (χ0n) is 6.80. The maximum Gasteiger partial charge on any atom is 0.272 e. The lowest BCUT2D eigenvalue weighted by atomic mass is 10.2. The molecule has 5 heteroatoms. The molecule has 1 heterocycles. The summed E-state index contributed by atoms with van der Waals surface area (Å²) in [6.45, 7) is 0. The molecule has 0 saturated carbocycles. The molecule has 0 saturated heterocycles. The molecule has 0 spiro atoms. The lowest BCUT2D eigenvalue weighted by molar-refractivity contribution is 0.156. The fourth-order valence-electron chi connectivity index (χ4n) is 1.23. The SMILES string of the molecule is Oc1cc(Cl)cc2cc(C(F)F)sc12. The van der Waals surface area contributed by atoms with Gasteiger partial charge in [-0.05, 0) is 23.6 Å². The van der Waals surface area contributed by atoms with Crippen LogP contribution < -0.4 is 0 Å². The summed E-state index contributed by atoms with van der Waals surface area (Å²) < 4.78 is 25.1. The molecule has 14 heavy (non-hydrogen) atoms. The van der Waals surface area contributed by atoms with Gasteiger partial charge in [-0.25, -0.2) is 8.78 Å². The zero-order chi connectivity index (χ0) is 10.3. The molecule has 1 aromatic heterocycles. The Morgan fingerprint density at radius 3 is 2.64 bits per heavy atom. The van der Waals surface area contributed by atoms with E-state index in [1.807, 2.05) is 0 Å². The van der Waals surface area contributed by atoms with E-state index >= 15 is 0 Å². The second-order valence-electron chi connectivity index (χ2n) is 2.79. The van der Waals surface area contributed by atoms with Crippen LogP contribution in [0.5, 0.6) is 5.75 Å². The summed E-state index contributed by atoms with van der Waals surface area (Å²) >= 11 is 6.55. The number of phenols is 1. The molecule has 0 aliphatic carbocycles. The molecule has 0 radical (unpaired) electrons. The second kappa shape index (κ2) is 3.37. The third-order valence-corrected chi connectivity index (χ3v) is 3.19. The number of phenolic OH excluding ortho intramolecular Hbond substituents is 1. The van der Waals surface area contributed by atoms with Crippen LogP contribution in [0.2, 0.25) is 5.02 Å². The molecule has 0 bridgehead atoms. The maximum atomic E-state index is 12.3. The van der Waals surface area contributed by atoms with Gasteiger partial charge in [0.1, 0.15) is 5.75 Å². The third-order valence-electron chi connectivity index (χ3n) is 1.80. The van der Waals surface area contributed by atoms with Crippen LogP contribution in [0.1, 0.15) is 11.3 Å². The number of rotatable bonds is 1. The molecule has 74 valence electrons. The zero-order valence-corrected chi connectivity index (χ0v) is 8.37. The van der Waals surface area contributed by atoms with Crippen molar-refractivity contribution in [1.29, 1.82) is 0 Å². The number of halogens is 3. The molecule has 0 aliphatic rings. The van der Waals surface area contributed by atoms with Crippen molar-refractivity contribution in [2.75, 3.05) is 0 Å². The Morgan fingerprint density at radius 1 is 1.29 bits per heavy atom. The first-order chi connectivity index (χ1) is 6.58. The Hall–Kier alpha value is -0.870. The first-order valence-corrected chi connectivity index (χ1v) is 4.97. The Balaban J connectivity index is 2.70. The van der Waals surface area contributed by atoms with Gasteiger partial charge in [-0.2, -0.15) is 0 Å². The van der Waals surface area contributed by atoms with E-state index in [4.69, 9.17) is 11.6 Å². The summed E-state index contributed by atoms with van der Waals surface area (Å²) in [5, 5.41) is 10.3. The van der Waals surface area contributed by atoms with Gasteiger partial charge in [0.15, 0.2) is 0 Å². The lowest BCUT2D eigenvalue weighted by Gasteiger charge is -1.94. The summed E-state index contributed by atoms with van der Waals surface area (Å²) in [6.07, 6.45) is -2.51. The number of fused-ring (bicyclic) bond motifs is 1. The van der Waals surface area contributed by atoms with Crippen LogP contribution in [0.4, 0.5) is 8.78 Å². The molecule has 2 rings (SSSR count). The largest absolute Gasteiger partial charge is 0.506 e. The monoisotopic (exact) mass is 234 g/mol. The van der Waals surface area contributed by atoms with E-state index < -0.39 is 6.43 Å². The van der Waals surface area contributed by atoms with Gasteiger partial charge >= 0.3 is 0 Å². The number of benzene rings is 1. The minimum Gasteiger partial charge on any atom is -0.506 e. The van der Waals surface area contributed by atoms with Crippen molar-refractivity contribution in [1.82, 2.24) is 0 Å². The van der Waals surface area contributed by atoms with Gasteiger partial charge in [-0.15, -0.1) is 11.3 Å². The molecule has 1 aromatic carbocycles. The minimum atomic E-state index is -2.51. The van der Waals surface area contributed by atoms with Gasteiger partial charge in [0.05, 0.1) is 9.58 Å². The van der Waals surface area contributed by atoms with E-state index in [0.717, 1.165) is 11.3 Å². The molecule has 0 unspecified atom stereocenters. The van der Waals surface area contributed by atoms with E-state index in [0.29, 0.717) is 15.1 Å². The molecule has 0 fully saturated rings. The predicted molar refractivity (Wildman–Crippen MR) is 53.5 cm³/mol. The molecule has 0 amide bonds. The van der Waals surface area contributed by atoms with Crippen LogP contribution in [-0.4, -0.2) is 5.11 Å². The lowest BCUT2D eigenvalue weighted by Crippen LogP contribution is -1.72. The summed E-state index contributed by atoms with van der Waals surface area (Å²) in [7, 11) is 0. The quantitative estimate of drug-likeness (QED) is 0.784. The Bertz CT molecular complexity index is 481. The average molecular weight is 235 g/mol.